The van der Waals surface area contributed by atoms with Gasteiger partial charge in [0.15, 0.2) is 5.78 Å². The first kappa shape index (κ1) is 19.2. The average molecular weight is 387 g/mol. The molecule has 2 aromatic heterocycles. The van der Waals surface area contributed by atoms with Crippen LogP contribution in [0.5, 0.6) is 0 Å². The molecule has 0 amide bonds. The van der Waals surface area contributed by atoms with E-state index in [1.807, 2.05) is 50.2 Å². The van der Waals surface area contributed by atoms with Gasteiger partial charge in [-0.2, -0.15) is 5.10 Å². The van der Waals surface area contributed by atoms with E-state index in [9.17, 15) is 9.59 Å². The van der Waals surface area contributed by atoms with Crippen LogP contribution in [0.25, 0.3) is 5.69 Å². The largest absolute Gasteiger partial charge is 0.300 e. The Morgan fingerprint density at radius 2 is 1.76 bits per heavy atom. The molecule has 0 atom stereocenters. The van der Waals surface area contributed by atoms with Crippen molar-refractivity contribution in [3.05, 3.63) is 76.9 Å². The zero-order valence-electron chi connectivity index (χ0n) is 16.9. The second-order valence-corrected chi connectivity index (χ2v) is 7.90. The number of pyridine rings is 1. The van der Waals surface area contributed by atoms with Crippen molar-refractivity contribution < 1.29 is 9.59 Å². The first-order valence-electron chi connectivity index (χ1n) is 10.1. The summed E-state index contributed by atoms with van der Waals surface area (Å²) in [6.07, 6.45) is 6.80. The third-order valence-corrected chi connectivity index (χ3v) is 5.76. The monoisotopic (exact) mass is 387 g/mol. The van der Waals surface area contributed by atoms with Gasteiger partial charge < -0.3 is 0 Å². The fraction of sp³-hybridized carbons (Fsp3) is 0.333. The molecule has 0 aliphatic heterocycles. The van der Waals surface area contributed by atoms with Gasteiger partial charge in [0.2, 0.25) is 0 Å². The molecule has 0 spiro atoms. The van der Waals surface area contributed by atoms with E-state index in [1.165, 1.54) is 5.56 Å². The molecule has 0 saturated heterocycles. The highest BCUT2D eigenvalue weighted by Crippen LogP contribution is 2.30. The van der Waals surface area contributed by atoms with Gasteiger partial charge >= 0.3 is 0 Å². The van der Waals surface area contributed by atoms with Crippen LogP contribution < -0.4 is 0 Å². The smallest absolute Gasteiger partial charge is 0.170 e. The van der Waals surface area contributed by atoms with Gasteiger partial charge in [-0.25, -0.2) is 4.68 Å². The Morgan fingerprint density at radius 3 is 2.41 bits per heavy atom. The van der Waals surface area contributed by atoms with E-state index in [-0.39, 0.29) is 5.78 Å². The van der Waals surface area contributed by atoms with Crippen LogP contribution in [0.1, 0.15) is 64.5 Å². The molecule has 1 aliphatic carbocycles. The van der Waals surface area contributed by atoms with Crippen LogP contribution in [0.15, 0.2) is 48.8 Å². The molecule has 3 aromatic rings. The Bertz CT molecular complexity index is 1020. The lowest BCUT2D eigenvalue weighted by Crippen LogP contribution is -2.13. The minimum absolute atomic E-state index is 0.0404. The van der Waals surface area contributed by atoms with E-state index in [4.69, 9.17) is 0 Å². The van der Waals surface area contributed by atoms with Crippen molar-refractivity contribution in [3.8, 4) is 5.69 Å². The molecule has 148 valence electrons. The molecule has 0 N–H and O–H groups in total. The summed E-state index contributed by atoms with van der Waals surface area (Å²) in [5.74, 6) is 0.746. The van der Waals surface area contributed by atoms with Crippen LogP contribution in [-0.4, -0.2) is 26.3 Å². The normalized spacial score (nSPS) is 14.9. The molecule has 0 radical (unpaired) electrons. The second kappa shape index (κ2) is 8.11. The zero-order chi connectivity index (χ0) is 20.4. The van der Waals surface area contributed by atoms with Gasteiger partial charge in [0.05, 0.1) is 23.1 Å². The number of ketones is 2. The molecule has 0 bridgehead atoms. The molecule has 2 heterocycles. The number of rotatable bonds is 5. The molecular formula is C24H25N3O2. The maximum absolute atomic E-state index is 12.8. The molecule has 4 rings (SSSR count). The Hall–Kier alpha value is -3.08. The van der Waals surface area contributed by atoms with Gasteiger partial charge in [-0.05, 0) is 50.5 Å². The quantitative estimate of drug-likeness (QED) is 0.603. The highest BCUT2D eigenvalue weighted by Gasteiger charge is 2.21. The summed E-state index contributed by atoms with van der Waals surface area (Å²) in [6.45, 7) is 3.97. The van der Waals surface area contributed by atoms with Crippen LogP contribution in [0.4, 0.5) is 0 Å². The maximum atomic E-state index is 12.8. The van der Waals surface area contributed by atoms with Crippen molar-refractivity contribution in [2.75, 3.05) is 0 Å². The number of aryl methyl sites for hydroxylation is 1. The maximum Gasteiger partial charge on any atom is 0.170 e. The lowest BCUT2D eigenvalue weighted by atomic mass is 9.86. The van der Waals surface area contributed by atoms with Gasteiger partial charge in [0.1, 0.15) is 5.78 Å². The van der Waals surface area contributed by atoms with E-state index >= 15 is 0 Å². The van der Waals surface area contributed by atoms with Gasteiger partial charge in [0, 0.05) is 37.1 Å². The van der Waals surface area contributed by atoms with Crippen LogP contribution in [0, 0.1) is 13.8 Å². The summed E-state index contributed by atoms with van der Waals surface area (Å²) in [7, 11) is 0. The highest BCUT2D eigenvalue weighted by molar-refractivity contribution is 5.98. The Labute approximate surface area is 170 Å². The Balaban J connectivity index is 1.45. The molecule has 5 nitrogen and oxygen atoms in total. The lowest BCUT2D eigenvalue weighted by molar-refractivity contribution is -0.120. The summed E-state index contributed by atoms with van der Waals surface area (Å²) in [5, 5.41) is 4.41. The van der Waals surface area contributed by atoms with Crippen molar-refractivity contribution in [2.24, 2.45) is 0 Å². The average Bonchev–Trinajstić information content (AvgIpc) is 3.11. The topological polar surface area (TPSA) is 64.8 Å². The van der Waals surface area contributed by atoms with Crippen LogP contribution in [-0.2, 0) is 11.2 Å². The standard InChI is InChI=1S/C24H25N3O2/c1-16-3-8-20(9-4-16)27-17(2)22(15-26-27)24(29)13-18-5-12-23(25-14-18)19-6-10-21(28)11-7-19/h3-5,8-9,12,14-15,19H,6-7,10-11,13H2,1-2H3. The van der Waals surface area contributed by atoms with Crippen LogP contribution in [0.2, 0.25) is 0 Å². The zero-order valence-corrected chi connectivity index (χ0v) is 16.9. The van der Waals surface area contributed by atoms with Gasteiger partial charge in [-0.3, -0.25) is 14.6 Å². The number of aromatic nitrogens is 3. The lowest BCUT2D eigenvalue weighted by Gasteiger charge is -2.20. The summed E-state index contributed by atoms with van der Waals surface area (Å²) < 4.78 is 1.80. The third-order valence-electron chi connectivity index (χ3n) is 5.76. The van der Waals surface area contributed by atoms with Crippen LogP contribution >= 0.6 is 0 Å². The van der Waals surface area contributed by atoms with Gasteiger partial charge in [0.25, 0.3) is 0 Å². The third kappa shape index (κ3) is 4.19. The number of Topliss-reactive ketones (excluding diaryl/α,β-unsaturated/α-hetero) is 2. The molecular weight excluding hydrogens is 362 g/mol. The number of carbonyl (C=O) groups excluding carboxylic acids is 2. The molecule has 5 heteroatoms. The van der Waals surface area contributed by atoms with Crippen molar-refractivity contribution in [1.82, 2.24) is 14.8 Å². The highest BCUT2D eigenvalue weighted by atomic mass is 16.1. The second-order valence-electron chi connectivity index (χ2n) is 7.90. The predicted molar refractivity (Wildman–Crippen MR) is 112 cm³/mol. The van der Waals surface area contributed by atoms with E-state index in [0.29, 0.717) is 36.5 Å². The summed E-state index contributed by atoms with van der Waals surface area (Å²) in [4.78, 5) is 28.8. The summed E-state index contributed by atoms with van der Waals surface area (Å²) in [6, 6.07) is 12.1. The van der Waals surface area contributed by atoms with Gasteiger partial charge in [-0.1, -0.05) is 23.8 Å². The van der Waals surface area contributed by atoms with E-state index < -0.39 is 0 Å². The minimum Gasteiger partial charge on any atom is -0.300 e. The SMILES string of the molecule is Cc1ccc(-n2ncc(C(=O)Cc3ccc(C4CCC(=O)CC4)nc3)c2C)cc1. The first-order valence-corrected chi connectivity index (χ1v) is 10.1. The summed E-state index contributed by atoms with van der Waals surface area (Å²) >= 11 is 0. The molecule has 0 unspecified atom stereocenters. The number of carbonyl (C=O) groups is 2. The number of hydrogen-bond acceptors (Lipinski definition) is 4. The van der Waals surface area contributed by atoms with Gasteiger partial charge in [-0.15, -0.1) is 0 Å². The first-order chi connectivity index (χ1) is 14.0. The van der Waals surface area contributed by atoms with Crippen molar-refractivity contribution >= 4 is 11.6 Å². The molecule has 1 fully saturated rings. The van der Waals surface area contributed by atoms with Crippen molar-refractivity contribution in [1.29, 1.82) is 0 Å². The fourth-order valence-corrected chi connectivity index (χ4v) is 3.93. The predicted octanol–water partition coefficient (Wildman–Crippen LogP) is 4.54. The van der Waals surface area contributed by atoms with Crippen LogP contribution in [0.3, 0.4) is 0 Å². The van der Waals surface area contributed by atoms with Crippen molar-refractivity contribution in [2.45, 2.75) is 51.9 Å². The number of hydrogen-bond donors (Lipinski definition) is 0. The molecule has 29 heavy (non-hydrogen) atoms. The van der Waals surface area contributed by atoms with Crippen molar-refractivity contribution in [3.63, 3.8) is 0 Å². The van der Waals surface area contributed by atoms with E-state index in [2.05, 4.69) is 10.1 Å². The minimum atomic E-state index is 0.0404. The number of nitrogens with zero attached hydrogens (tertiary/aromatic N) is 3. The molecule has 1 aliphatic rings. The number of benzene rings is 1. The van der Waals surface area contributed by atoms with E-state index in [0.717, 1.165) is 35.5 Å². The molecule has 1 saturated carbocycles. The Kier molecular flexibility index (Phi) is 5.38. The summed E-state index contributed by atoms with van der Waals surface area (Å²) in [5.41, 5.74) is 5.54. The Morgan fingerprint density at radius 1 is 1.03 bits per heavy atom. The molecule has 1 aromatic carbocycles. The van der Waals surface area contributed by atoms with E-state index in [1.54, 1.807) is 17.1 Å². The fourth-order valence-electron chi connectivity index (χ4n) is 3.93.